The Morgan fingerprint density at radius 1 is 1.53 bits per heavy atom. The molecule has 0 amide bonds. The molecule has 0 saturated heterocycles. The maximum absolute atomic E-state index is 9.97. The average molecular weight is 205 g/mol. The lowest BCUT2D eigenvalue weighted by molar-refractivity contribution is 0.299. The van der Waals surface area contributed by atoms with Crippen molar-refractivity contribution < 1.29 is 14.6 Å². The summed E-state index contributed by atoms with van der Waals surface area (Å²) in [6.07, 6.45) is 5.35. The molecular formula is C12H13O3. The standard InChI is InChI=1S/C12H13O3/c1-2-8-15-12-6-5-10(4-3-7-13)9-11(12)14/h3-6,9,14H,2,8H2,1H3/b4-3+. The number of rotatable bonds is 5. The van der Waals surface area contributed by atoms with Gasteiger partial charge in [0.25, 0.3) is 0 Å². The first-order chi connectivity index (χ1) is 7.27. The van der Waals surface area contributed by atoms with E-state index < -0.39 is 0 Å². The van der Waals surface area contributed by atoms with E-state index in [9.17, 15) is 9.90 Å². The minimum atomic E-state index is 0.0801. The summed E-state index contributed by atoms with van der Waals surface area (Å²) in [4.78, 5) is 9.97. The molecule has 0 atom stereocenters. The van der Waals surface area contributed by atoms with Crippen molar-refractivity contribution in [2.24, 2.45) is 0 Å². The zero-order valence-electron chi connectivity index (χ0n) is 8.56. The molecule has 1 aromatic carbocycles. The van der Waals surface area contributed by atoms with Gasteiger partial charge in [0.15, 0.2) is 11.5 Å². The van der Waals surface area contributed by atoms with Crippen LogP contribution in [0.1, 0.15) is 18.9 Å². The molecule has 1 aromatic rings. The van der Waals surface area contributed by atoms with Gasteiger partial charge in [-0.1, -0.05) is 19.1 Å². The Kier molecular flexibility index (Phi) is 4.41. The van der Waals surface area contributed by atoms with Crippen molar-refractivity contribution >= 4 is 12.4 Å². The summed E-state index contributed by atoms with van der Waals surface area (Å²) in [6.45, 7) is 2.57. The summed E-state index contributed by atoms with van der Waals surface area (Å²) in [5.74, 6) is 0.542. The molecule has 0 aromatic heterocycles. The van der Waals surface area contributed by atoms with Gasteiger partial charge in [0, 0.05) is 0 Å². The predicted molar refractivity (Wildman–Crippen MR) is 58.6 cm³/mol. The molecule has 15 heavy (non-hydrogen) atoms. The van der Waals surface area contributed by atoms with E-state index in [0.717, 1.165) is 12.0 Å². The monoisotopic (exact) mass is 205 g/mol. The number of allylic oxidation sites excluding steroid dienone is 1. The van der Waals surface area contributed by atoms with Gasteiger partial charge in [0.1, 0.15) is 0 Å². The first kappa shape index (κ1) is 11.3. The molecule has 0 aliphatic heterocycles. The summed E-state index contributed by atoms with van der Waals surface area (Å²) < 4.78 is 5.29. The molecule has 0 aliphatic carbocycles. The molecule has 0 aliphatic rings. The van der Waals surface area contributed by atoms with Gasteiger partial charge in [0.2, 0.25) is 6.29 Å². The van der Waals surface area contributed by atoms with Gasteiger partial charge >= 0.3 is 0 Å². The first-order valence-electron chi connectivity index (χ1n) is 4.78. The van der Waals surface area contributed by atoms with Crippen LogP contribution in [0, 0.1) is 0 Å². The van der Waals surface area contributed by atoms with Crippen LogP contribution in [-0.2, 0) is 4.79 Å². The number of phenols is 1. The highest BCUT2D eigenvalue weighted by atomic mass is 16.5. The summed E-state index contributed by atoms with van der Waals surface area (Å²) in [6, 6.07) is 4.98. The van der Waals surface area contributed by atoms with Crippen LogP contribution in [0.3, 0.4) is 0 Å². The summed E-state index contributed by atoms with van der Waals surface area (Å²) in [7, 11) is 0. The lowest BCUT2D eigenvalue weighted by atomic mass is 10.2. The third-order valence-corrected chi connectivity index (χ3v) is 1.79. The van der Waals surface area contributed by atoms with Crippen LogP contribution >= 0.6 is 0 Å². The fraction of sp³-hybridized carbons (Fsp3) is 0.250. The SMILES string of the molecule is CCCOc1ccc(/C=C/[C]=O)cc1O. The number of hydrogen-bond donors (Lipinski definition) is 1. The fourth-order valence-electron chi connectivity index (χ4n) is 1.10. The highest BCUT2D eigenvalue weighted by Gasteiger charge is 2.01. The van der Waals surface area contributed by atoms with E-state index in [-0.39, 0.29) is 5.75 Å². The fourth-order valence-corrected chi connectivity index (χ4v) is 1.10. The number of ether oxygens (including phenoxy) is 1. The Morgan fingerprint density at radius 2 is 2.33 bits per heavy atom. The summed E-state index contributed by atoms with van der Waals surface area (Å²) >= 11 is 0. The van der Waals surface area contributed by atoms with Gasteiger partial charge in [-0.15, -0.1) is 0 Å². The van der Waals surface area contributed by atoms with Crippen LogP contribution in [0.5, 0.6) is 11.5 Å². The van der Waals surface area contributed by atoms with Gasteiger partial charge in [-0.05, 0) is 30.2 Å². The van der Waals surface area contributed by atoms with Crippen LogP contribution < -0.4 is 4.74 Å². The van der Waals surface area contributed by atoms with Crippen molar-refractivity contribution in [3.05, 3.63) is 29.8 Å². The van der Waals surface area contributed by atoms with Gasteiger partial charge in [-0.25, -0.2) is 0 Å². The van der Waals surface area contributed by atoms with Crippen LogP contribution in [0.2, 0.25) is 0 Å². The van der Waals surface area contributed by atoms with Crippen LogP contribution in [0.4, 0.5) is 0 Å². The lowest BCUT2D eigenvalue weighted by Gasteiger charge is -2.06. The first-order valence-corrected chi connectivity index (χ1v) is 4.78. The van der Waals surface area contributed by atoms with Gasteiger partial charge < -0.3 is 9.84 Å². The molecule has 1 N–H and O–H groups in total. The quantitative estimate of drug-likeness (QED) is 0.750. The van der Waals surface area contributed by atoms with Crippen molar-refractivity contribution in [3.8, 4) is 11.5 Å². The molecule has 0 heterocycles. The molecule has 0 bridgehead atoms. The van der Waals surface area contributed by atoms with Crippen molar-refractivity contribution in [1.82, 2.24) is 0 Å². The van der Waals surface area contributed by atoms with Crippen LogP contribution in [-0.4, -0.2) is 18.0 Å². The maximum Gasteiger partial charge on any atom is 0.225 e. The molecule has 3 heteroatoms. The molecular weight excluding hydrogens is 192 g/mol. The Bertz CT molecular complexity index is 356. The molecule has 1 radical (unpaired) electrons. The second kappa shape index (κ2) is 5.86. The van der Waals surface area contributed by atoms with E-state index in [1.807, 2.05) is 6.92 Å². The van der Waals surface area contributed by atoms with E-state index in [4.69, 9.17) is 4.74 Å². The maximum atomic E-state index is 9.97. The van der Waals surface area contributed by atoms with Crippen molar-refractivity contribution in [1.29, 1.82) is 0 Å². The number of benzene rings is 1. The second-order valence-corrected chi connectivity index (χ2v) is 3.03. The van der Waals surface area contributed by atoms with Crippen molar-refractivity contribution in [2.45, 2.75) is 13.3 Å². The van der Waals surface area contributed by atoms with Crippen molar-refractivity contribution in [3.63, 3.8) is 0 Å². The Labute approximate surface area is 89.0 Å². The lowest BCUT2D eigenvalue weighted by Crippen LogP contribution is -1.95. The molecule has 0 spiro atoms. The third kappa shape index (κ3) is 3.46. The molecule has 3 nitrogen and oxygen atoms in total. The van der Waals surface area contributed by atoms with E-state index in [1.54, 1.807) is 30.6 Å². The minimum Gasteiger partial charge on any atom is -0.504 e. The second-order valence-electron chi connectivity index (χ2n) is 3.03. The van der Waals surface area contributed by atoms with Gasteiger partial charge in [0.05, 0.1) is 6.61 Å². The Hall–Kier alpha value is -1.77. The van der Waals surface area contributed by atoms with E-state index in [0.29, 0.717) is 12.4 Å². The van der Waals surface area contributed by atoms with Gasteiger partial charge in [-0.2, -0.15) is 0 Å². The van der Waals surface area contributed by atoms with Crippen molar-refractivity contribution in [2.75, 3.05) is 6.61 Å². The minimum absolute atomic E-state index is 0.0801. The molecule has 79 valence electrons. The summed E-state index contributed by atoms with van der Waals surface area (Å²) in [5, 5.41) is 9.56. The zero-order valence-corrected chi connectivity index (χ0v) is 8.56. The average Bonchev–Trinajstić information content (AvgIpc) is 2.25. The number of carbonyl (C=O) groups excluding carboxylic acids is 1. The number of phenolic OH excluding ortho intramolecular Hbond substituents is 1. The van der Waals surface area contributed by atoms with Crippen LogP contribution in [0.25, 0.3) is 6.08 Å². The van der Waals surface area contributed by atoms with Gasteiger partial charge in [-0.3, -0.25) is 4.79 Å². The number of aromatic hydroxyl groups is 1. The van der Waals surface area contributed by atoms with E-state index in [1.165, 1.54) is 6.08 Å². The number of hydrogen-bond acceptors (Lipinski definition) is 3. The highest BCUT2D eigenvalue weighted by Crippen LogP contribution is 2.27. The van der Waals surface area contributed by atoms with E-state index in [2.05, 4.69) is 0 Å². The molecule has 0 saturated carbocycles. The van der Waals surface area contributed by atoms with Crippen LogP contribution in [0.15, 0.2) is 24.3 Å². The third-order valence-electron chi connectivity index (χ3n) is 1.79. The Balaban J connectivity index is 2.78. The van der Waals surface area contributed by atoms with E-state index >= 15 is 0 Å². The predicted octanol–water partition coefficient (Wildman–Crippen LogP) is 2.30. The summed E-state index contributed by atoms with van der Waals surface area (Å²) in [5.41, 5.74) is 0.736. The zero-order chi connectivity index (χ0) is 11.1. The smallest absolute Gasteiger partial charge is 0.225 e. The largest absolute Gasteiger partial charge is 0.504 e. The Morgan fingerprint density at radius 3 is 2.93 bits per heavy atom. The topological polar surface area (TPSA) is 46.5 Å². The normalized spacial score (nSPS) is 10.5. The molecule has 0 unspecified atom stereocenters. The molecule has 1 rings (SSSR count). The molecule has 0 fully saturated rings. The highest BCUT2D eigenvalue weighted by molar-refractivity contribution is 5.74.